The quantitative estimate of drug-likeness (QED) is 0.567. The summed E-state index contributed by atoms with van der Waals surface area (Å²) in [5.74, 6) is -2.01. The maximum atomic E-state index is 11.6. The first-order valence-electron chi connectivity index (χ1n) is 5.08. The molecule has 1 heterocycles. The molecule has 11 heteroatoms. The number of hydrogen-bond acceptors (Lipinski definition) is 5. The highest BCUT2D eigenvalue weighted by Gasteiger charge is 2.32. The molecule has 0 fully saturated rings. The van der Waals surface area contributed by atoms with Crippen molar-refractivity contribution in [3.05, 3.63) is 22.3 Å². The van der Waals surface area contributed by atoms with Crippen LogP contribution in [-0.4, -0.2) is 33.8 Å². The molecule has 114 valence electrons. The Hall–Kier alpha value is -1.09. The zero-order chi connectivity index (χ0) is 16.2. The fraction of sp³-hybridized carbons (Fsp3) is 0.200. The molecule has 0 aliphatic carbocycles. The second kappa shape index (κ2) is 7.26. The van der Waals surface area contributed by atoms with Gasteiger partial charge in [0.15, 0.2) is 0 Å². The third-order valence-electron chi connectivity index (χ3n) is 1.98. The first-order chi connectivity index (χ1) is 9.65. The van der Waals surface area contributed by atoms with Gasteiger partial charge in [-0.2, -0.15) is 0 Å². The number of ether oxygens (including phenoxy) is 1. The zero-order valence-electron chi connectivity index (χ0n) is 10.2. The Morgan fingerprint density at radius 3 is 2.48 bits per heavy atom. The molecular weight excluding hydrogens is 412 g/mol. The number of aromatic nitrogens is 1. The molecule has 0 saturated heterocycles. The van der Waals surface area contributed by atoms with Crippen LogP contribution < -0.4 is 10.6 Å². The van der Waals surface area contributed by atoms with Crippen LogP contribution in [0.1, 0.15) is 10.4 Å². The first-order valence-corrected chi connectivity index (χ1v) is 7.01. The van der Waals surface area contributed by atoms with Crippen LogP contribution in [0.25, 0.3) is 0 Å². The van der Waals surface area contributed by atoms with Crippen LogP contribution in [0, 0.1) is 0 Å². The molecule has 1 rings (SSSR count). The zero-order valence-corrected chi connectivity index (χ0v) is 14.1. The summed E-state index contributed by atoms with van der Waals surface area (Å²) >= 11 is 19.0. The molecule has 2 N–H and O–H groups in total. The Morgan fingerprint density at radius 2 is 1.95 bits per heavy atom. The van der Waals surface area contributed by atoms with E-state index in [4.69, 9.17) is 34.8 Å². The van der Waals surface area contributed by atoms with E-state index in [2.05, 4.69) is 31.0 Å². The third kappa shape index (κ3) is 5.31. The maximum Gasteiger partial charge on any atom is 0.341 e. The van der Waals surface area contributed by atoms with Crippen molar-refractivity contribution in [1.82, 2.24) is 10.3 Å². The summed E-state index contributed by atoms with van der Waals surface area (Å²) in [5.41, 5.74) is -0.0247. The van der Waals surface area contributed by atoms with Crippen molar-refractivity contribution < 1.29 is 19.1 Å². The molecule has 3 amide bonds. The van der Waals surface area contributed by atoms with Crippen LogP contribution in [-0.2, 0) is 9.53 Å². The third-order valence-corrected chi connectivity index (χ3v) is 2.92. The average molecular weight is 419 g/mol. The number of imide groups is 1. The van der Waals surface area contributed by atoms with Gasteiger partial charge in [0.2, 0.25) is 0 Å². The van der Waals surface area contributed by atoms with Gasteiger partial charge in [0.25, 0.3) is 9.70 Å². The van der Waals surface area contributed by atoms with Crippen molar-refractivity contribution in [1.29, 1.82) is 0 Å². The second-order valence-corrected chi connectivity index (χ2v) is 6.64. The number of rotatable bonds is 2. The first kappa shape index (κ1) is 18.0. The summed E-state index contributed by atoms with van der Waals surface area (Å²) in [4.78, 5) is 38.3. The van der Waals surface area contributed by atoms with E-state index in [1.54, 1.807) is 5.32 Å². The number of urea groups is 1. The van der Waals surface area contributed by atoms with E-state index >= 15 is 0 Å². The van der Waals surface area contributed by atoms with Crippen molar-refractivity contribution in [3.8, 4) is 0 Å². The highest BCUT2D eigenvalue weighted by atomic mass is 79.9. The molecule has 0 unspecified atom stereocenters. The van der Waals surface area contributed by atoms with Gasteiger partial charge < -0.3 is 4.74 Å². The molecule has 0 atom stereocenters. The van der Waals surface area contributed by atoms with Crippen LogP contribution in [0.3, 0.4) is 0 Å². The number of hydrogen-bond donors (Lipinski definition) is 2. The number of halogens is 4. The highest BCUT2D eigenvalue weighted by molar-refractivity contribution is 9.10. The average Bonchev–Trinajstić information content (AvgIpc) is 2.38. The van der Waals surface area contributed by atoms with Crippen LogP contribution in [0.5, 0.6) is 0 Å². The molecule has 0 saturated carbocycles. The number of anilines is 1. The molecule has 0 aliphatic rings. The van der Waals surface area contributed by atoms with Gasteiger partial charge in [0, 0.05) is 10.7 Å². The second-order valence-electron chi connectivity index (χ2n) is 3.45. The Morgan fingerprint density at radius 1 is 1.33 bits per heavy atom. The Balaban J connectivity index is 2.91. The van der Waals surface area contributed by atoms with Crippen LogP contribution in [0.2, 0.25) is 0 Å². The number of nitrogens with zero attached hydrogens (tertiary/aromatic N) is 1. The molecule has 21 heavy (non-hydrogen) atoms. The largest absolute Gasteiger partial charge is 0.465 e. The number of amides is 3. The van der Waals surface area contributed by atoms with Crippen molar-refractivity contribution in [2.75, 3.05) is 12.4 Å². The van der Waals surface area contributed by atoms with Crippen LogP contribution >= 0.6 is 50.7 Å². The molecule has 0 spiro atoms. The van der Waals surface area contributed by atoms with Crippen LogP contribution in [0.15, 0.2) is 16.7 Å². The number of methoxy groups -OCH3 is 1. The normalized spacial score (nSPS) is 10.7. The number of carbonyl (C=O) groups excluding carboxylic acids is 3. The minimum atomic E-state index is -2.30. The van der Waals surface area contributed by atoms with Gasteiger partial charge in [-0.05, 0) is 22.0 Å². The fourth-order valence-electron chi connectivity index (χ4n) is 1.12. The highest BCUT2D eigenvalue weighted by Crippen LogP contribution is 2.26. The minimum Gasteiger partial charge on any atom is -0.465 e. The van der Waals surface area contributed by atoms with Gasteiger partial charge >= 0.3 is 12.0 Å². The lowest BCUT2D eigenvalue weighted by Crippen LogP contribution is -2.41. The van der Waals surface area contributed by atoms with E-state index in [0.717, 1.165) is 0 Å². The summed E-state index contributed by atoms with van der Waals surface area (Å²) in [6.07, 6.45) is 1.33. The van der Waals surface area contributed by atoms with E-state index in [0.29, 0.717) is 4.47 Å². The Kier molecular flexibility index (Phi) is 6.21. The summed E-state index contributed by atoms with van der Waals surface area (Å²) in [5, 5.41) is 3.95. The lowest BCUT2D eigenvalue weighted by Gasteiger charge is -2.12. The fourth-order valence-corrected chi connectivity index (χ4v) is 1.59. The summed E-state index contributed by atoms with van der Waals surface area (Å²) < 4.78 is 2.74. The van der Waals surface area contributed by atoms with E-state index in [-0.39, 0.29) is 11.4 Å². The van der Waals surface area contributed by atoms with E-state index in [1.165, 1.54) is 19.4 Å². The van der Waals surface area contributed by atoms with Gasteiger partial charge in [-0.25, -0.2) is 14.6 Å². The number of esters is 1. The van der Waals surface area contributed by atoms with Gasteiger partial charge in [-0.3, -0.25) is 15.4 Å². The molecule has 1 aromatic rings. The smallest absolute Gasteiger partial charge is 0.341 e. The van der Waals surface area contributed by atoms with Crippen molar-refractivity contribution in [2.24, 2.45) is 0 Å². The predicted molar refractivity (Wildman–Crippen MR) is 80.7 cm³/mol. The van der Waals surface area contributed by atoms with Gasteiger partial charge in [-0.15, -0.1) is 0 Å². The number of nitrogens with one attached hydrogen (secondary N) is 2. The van der Waals surface area contributed by atoms with Crippen molar-refractivity contribution in [3.63, 3.8) is 0 Å². The number of pyridine rings is 1. The molecule has 0 bridgehead atoms. The molecule has 0 aromatic carbocycles. The lowest BCUT2D eigenvalue weighted by molar-refractivity contribution is -0.119. The standard InChI is InChI=1S/C10H7BrCl3N3O4/c1-21-7(18)5-2-4(11)3-15-6(5)16-9(20)17-8(19)10(12,13)14/h2-3H,1H3,(H2,15,16,17,19,20). The van der Waals surface area contributed by atoms with Gasteiger partial charge in [0.05, 0.1) is 7.11 Å². The van der Waals surface area contributed by atoms with Crippen LogP contribution in [0.4, 0.5) is 10.6 Å². The molecule has 7 nitrogen and oxygen atoms in total. The van der Waals surface area contributed by atoms with Gasteiger partial charge in [0.1, 0.15) is 11.4 Å². The monoisotopic (exact) mass is 417 g/mol. The number of alkyl halides is 3. The topological polar surface area (TPSA) is 97.4 Å². The van der Waals surface area contributed by atoms with E-state index in [9.17, 15) is 14.4 Å². The van der Waals surface area contributed by atoms with E-state index in [1.807, 2.05) is 0 Å². The summed E-state index contributed by atoms with van der Waals surface area (Å²) in [7, 11) is 1.17. The Labute approximate surface area is 142 Å². The summed E-state index contributed by atoms with van der Waals surface area (Å²) in [6, 6.07) is 0.358. The lowest BCUT2D eigenvalue weighted by atomic mass is 10.2. The molecule has 0 radical (unpaired) electrons. The van der Waals surface area contributed by atoms with E-state index < -0.39 is 21.7 Å². The maximum absolute atomic E-state index is 11.6. The van der Waals surface area contributed by atoms with Crippen molar-refractivity contribution in [2.45, 2.75) is 3.79 Å². The summed E-state index contributed by atoms with van der Waals surface area (Å²) in [6.45, 7) is 0. The molecular formula is C10H7BrCl3N3O4. The predicted octanol–water partition coefficient (Wildman–Crippen LogP) is 2.65. The number of carbonyl (C=O) groups is 3. The van der Waals surface area contributed by atoms with Crippen molar-refractivity contribution >= 4 is 74.5 Å². The Bertz CT molecular complexity index is 591. The SMILES string of the molecule is COC(=O)c1cc(Br)cnc1NC(=O)NC(=O)C(Cl)(Cl)Cl. The molecule has 0 aliphatic heterocycles. The molecule has 1 aromatic heterocycles. The minimum absolute atomic E-state index is 0.0247. The van der Waals surface area contributed by atoms with Gasteiger partial charge in [-0.1, -0.05) is 34.8 Å².